The molecular weight excluding hydrogens is 418 g/mol. The highest BCUT2D eigenvalue weighted by Gasteiger charge is 2.21. The van der Waals surface area contributed by atoms with Crippen LogP contribution in [0.15, 0.2) is 78.5 Å². The minimum atomic E-state index is -0.783. The fourth-order valence-corrected chi connectivity index (χ4v) is 4.15. The summed E-state index contributed by atoms with van der Waals surface area (Å²) < 4.78 is 7.88. The van der Waals surface area contributed by atoms with Crippen LogP contribution in [0.1, 0.15) is 23.2 Å². The fraction of sp³-hybridized carbons (Fsp3) is 0.240. The second kappa shape index (κ2) is 9.20. The molecule has 8 heteroatoms. The Morgan fingerprint density at radius 2 is 1.91 bits per heavy atom. The van der Waals surface area contributed by atoms with Gasteiger partial charge in [-0.2, -0.15) is 0 Å². The van der Waals surface area contributed by atoms with E-state index in [1.54, 1.807) is 30.5 Å². The van der Waals surface area contributed by atoms with Gasteiger partial charge in [-0.1, -0.05) is 6.07 Å². The van der Waals surface area contributed by atoms with Crippen molar-refractivity contribution in [3.63, 3.8) is 0 Å². The third-order valence-electron chi connectivity index (χ3n) is 6.06. The lowest BCUT2D eigenvalue weighted by molar-refractivity contribution is 0.1000. The first kappa shape index (κ1) is 20.8. The Labute approximate surface area is 190 Å². The van der Waals surface area contributed by atoms with Gasteiger partial charge in [0.2, 0.25) is 0 Å². The molecule has 0 bridgehead atoms. The summed E-state index contributed by atoms with van der Waals surface area (Å²) in [4.78, 5) is 33.2. The molecule has 0 aliphatic carbocycles. The molecule has 8 nitrogen and oxygen atoms in total. The molecule has 1 amide bonds. The molecule has 3 aromatic heterocycles. The van der Waals surface area contributed by atoms with Crippen LogP contribution < -0.4 is 9.64 Å². The molecule has 0 spiro atoms. The molecular formula is C25H23N5O3. The lowest BCUT2D eigenvalue weighted by Crippen LogP contribution is -2.36. The standard InChI is InChI=1S/C25H23N5O3/c31-25(28-32)19-2-1-3-22(14-19)33-17-18-8-11-29(12-9-18)24-6-4-20(15-27-24)21-5-7-23-26-10-13-30(23)16-21/h1-7,10,13-16,18H,8-9,11-12,17H2. The molecule has 1 aliphatic rings. The average Bonchev–Trinajstić information content (AvgIpc) is 3.36. The van der Waals surface area contributed by atoms with E-state index in [2.05, 4.69) is 39.5 Å². The van der Waals surface area contributed by atoms with E-state index in [1.807, 2.05) is 22.9 Å². The maximum absolute atomic E-state index is 11.4. The van der Waals surface area contributed by atoms with Gasteiger partial charge in [-0.15, -0.1) is 4.91 Å². The number of imidazole rings is 1. The van der Waals surface area contributed by atoms with Crippen molar-refractivity contribution < 1.29 is 9.53 Å². The van der Waals surface area contributed by atoms with Gasteiger partial charge in [-0.25, -0.2) is 9.97 Å². The van der Waals surface area contributed by atoms with E-state index in [4.69, 9.17) is 9.72 Å². The number of nitroso groups, excluding NO2 is 1. The second-order valence-corrected chi connectivity index (χ2v) is 8.18. The third-order valence-corrected chi connectivity index (χ3v) is 6.06. The summed E-state index contributed by atoms with van der Waals surface area (Å²) in [6, 6.07) is 14.9. The van der Waals surface area contributed by atoms with Crippen LogP contribution in [0.4, 0.5) is 5.82 Å². The summed E-state index contributed by atoms with van der Waals surface area (Å²) in [5.74, 6) is 1.20. The topological polar surface area (TPSA) is 89.2 Å². The number of benzene rings is 1. The zero-order chi connectivity index (χ0) is 22.6. The fourth-order valence-electron chi connectivity index (χ4n) is 4.15. The SMILES string of the molecule is O=NC(=O)c1cccc(OCC2CCN(c3ccc(-c4ccc5nccn5c4)cn3)CC2)c1. The van der Waals surface area contributed by atoms with Crippen LogP contribution >= 0.6 is 0 Å². The molecule has 4 aromatic rings. The van der Waals surface area contributed by atoms with Gasteiger partial charge >= 0.3 is 5.91 Å². The average molecular weight is 441 g/mol. The summed E-state index contributed by atoms with van der Waals surface area (Å²) in [7, 11) is 0. The molecule has 0 atom stereocenters. The Morgan fingerprint density at radius 3 is 2.70 bits per heavy atom. The maximum Gasteiger partial charge on any atom is 0.316 e. The molecule has 4 heterocycles. The van der Waals surface area contributed by atoms with Gasteiger partial charge in [0, 0.05) is 54.2 Å². The van der Waals surface area contributed by atoms with Gasteiger partial charge in [-0.3, -0.25) is 4.79 Å². The number of fused-ring (bicyclic) bond motifs is 1. The molecule has 0 radical (unpaired) electrons. The minimum absolute atomic E-state index is 0.247. The zero-order valence-electron chi connectivity index (χ0n) is 18.0. The third kappa shape index (κ3) is 4.59. The largest absolute Gasteiger partial charge is 0.493 e. The van der Waals surface area contributed by atoms with Gasteiger partial charge in [0.15, 0.2) is 0 Å². The van der Waals surface area contributed by atoms with Gasteiger partial charge in [-0.05, 0) is 66.8 Å². The van der Waals surface area contributed by atoms with Crippen LogP contribution in [0.25, 0.3) is 16.8 Å². The summed E-state index contributed by atoms with van der Waals surface area (Å²) in [5.41, 5.74) is 3.35. The van der Waals surface area contributed by atoms with Crippen molar-refractivity contribution in [3.8, 4) is 16.9 Å². The first-order chi connectivity index (χ1) is 16.2. The molecule has 0 unspecified atom stereocenters. The lowest BCUT2D eigenvalue weighted by Gasteiger charge is -2.32. The number of pyridine rings is 2. The van der Waals surface area contributed by atoms with Crippen molar-refractivity contribution in [2.24, 2.45) is 11.1 Å². The lowest BCUT2D eigenvalue weighted by atomic mass is 9.97. The first-order valence-corrected chi connectivity index (χ1v) is 10.9. The van der Waals surface area contributed by atoms with Crippen molar-refractivity contribution in [2.45, 2.75) is 12.8 Å². The normalized spacial score (nSPS) is 14.4. The number of rotatable bonds is 6. The molecule has 5 rings (SSSR count). The van der Waals surface area contributed by atoms with Gasteiger partial charge in [0.25, 0.3) is 0 Å². The number of nitrogens with zero attached hydrogens (tertiary/aromatic N) is 5. The van der Waals surface area contributed by atoms with Gasteiger partial charge in [0.05, 0.1) is 6.61 Å². The predicted octanol–water partition coefficient (Wildman–Crippen LogP) is 4.60. The highest BCUT2D eigenvalue weighted by Crippen LogP contribution is 2.26. The highest BCUT2D eigenvalue weighted by molar-refractivity contribution is 5.95. The molecule has 0 saturated carbocycles. The number of hydrogen-bond donors (Lipinski definition) is 0. The Hall–Kier alpha value is -4.07. The van der Waals surface area contributed by atoms with Crippen molar-refractivity contribution in [3.05, 3.63) is 83.8 Å². The maximum atomic E-state index is 11.4. The summed E-state index contributed by atoms with van der Waals surface area (Å²) in [6.45, 7) is 2.40. The van der Waals surface area contributed by atoms with E-state index in [-0.39, 0.29) is 5.56 Å². The number of carbonyl (C=O) groups excluding carboxylic acids is 1. The summed E-state index contributed by atoms with van der Waals surface area (Å²) in [5, 5.41) is 2.46. The van der Waals surface area contributed by atoms with Gasteiger partial charge in [0.1, 0.15) is 17.2 Å². The van der Waals surface area contributed by atoms with E-state index in [9.17, 15) is 9.70 Å². The Morgan fingerprint density at radius 1 is 1.06 bits per heavy atom. The highest BCUT2D eigenvalue weighted by atomic mass is 16.5. The zero-order valence-corrected chi connectivity index (χ0v) is 18.0. The molecule has 1 aromatic carbocycles. The van der Waals surface area contributed by atoms with E-state index in [1.165, 1.54) is 0 Å². The molecule has 166 valence electrons. The van der Waals surface area contributed by atoms with Crippen molar-refractivity contribution >= 4 is 17.4 Å². The second-order valence-electron chi connectivity index (χ2n) is 8.18. The molecule has 33 heavy (non-hydrogen) atoms. The first-order valence-electron chi connectivity index (χ1n) is 10.9. The van der Waals surface area contributed by atoms with Crippen LogP contribution in [0, 0.1) is 10.8 Å². The number of anilines is 1. The quantitative estimate of drug-likeness (QED) is 0.406. The Balaban J connectivity index is 1.16. The molecule has 1 saturated heterocycles. The van der Waals surface area contributed by atoms with Crippen LogP contribution in [0.5, 0.6) is 5.75 Å². The van der Waals surface area contributed by atoms with Crippen molar-refractivity contribution in [1.29, 1.82) is 0 Å². The van der Waals surface area contributed by atoms with Crippen LogP contribution in [-0.4, -0.2) is 40.0 Å². The predicted molar refractivity (Wildman–Crippen MR) is 125 cm³/mol. The van der Waals surface area contributed by atoms with Crippen molar-refractivity contribution in [2.75, 3.05) is 24.6 Å². The van der Waals surface area contributed by atoms with Gasteiger partial charge < -0.3 is 14.0 Å². The van der Waals surface area contributed by atoms with Crippen LogP contribution in [0.2, 0.25) is 0 Å². The number of piperidine rings is 1. The molecule has 0 N–H and O–H groups in total. The van der Waals surface area contributed by atoms with Crippen molar-refractivity contribution in [1.82, 2.24) is 14.4 Å². The number of aromatic nitrogens is 3. The van der Waals surface area contributed by atoms with Crippen LogP contribution in [-0.2, 0) is 0 Å². The van der Waals surface area contributed by atoms with E-state index in [0.717, 1.165) is 48.5 Å². The number of ether oxygens (including phenoxy) is 1. The number of hydrogen-bond acceptors (Lipinski definition) is 6. The number of carbonyl (C=O) groups is 1. The molecule has 1 aliphatic heterocycles. The Kier molecular flexibility index (Phi) is 5.80. The monoisotopic (exact) mass is 441 g/mol. The van der Waals surface area contributed by atoms with E-state index >= 15 is 0 Å². The van der Waals surface area contributed by atoms with Crippen LogP contribution in [0.3, 0.4) is 0 Å². The minimum Gasteiger partial charge on any atom is -0.493 e. The smallest absolute Gasteiger partial charge is 0.316 e. The number of amides is 1. The summed E-state index contributed by atoms with van der Waals surface area (Å²) in [6.07, 6.45) is 9.70. The van der Waals surface area contributed by atoms with E-state index in [0.29, 0.717) is 18.3 Å². The Bertz CT molecular complexity index is 1280. The van der Waals surface area contributed by atoms with E-state index < -0.39 is 5.91 Å². The molecule has 1 fully saturated rings. The summed E-state index contributed by atoms with van der Waals surface area (Å²) >= 11 is 0.